The molecule has 1 amide bonds. The second-order valence-electron chi connectivity index (χ2n) is 5.87. The highest BCUT2D eigenvalue weighted by Crippen LogP contribution is 2.17. The summed E-state index contributed by atoms with van der Waals surface area (Å²) >= 11 is 0. The van der Waals surface area contributed by atoms with E-state index >= 15 is 0 Å². The number of nitrogens with zero attached hydrogens (tertiary/aromatic N) is 4. The van der Waals surface area contributed by atoms with E-state index in [0.29, 0.717) is 24.8 Å². The molecule has 1 aromatic heterocycles. The number of amides is 1. The molecule has 3 rings (SSSR count). The first kappa shape index (κ1) is 18.4. The molecular formula is C17H24ClN5O. The number of hydrogen-bond acceptors (Lipinski definition) is 4. The number of carbonyl (C=O) groups excluding carboxylic acids is 1. The smallest absolute Gasteiger partial charge is 0.276 e. The number of piperidine rings is 1. The SMILES string of the molecule is CCN(Cc1ccccc1)C(=O)c1cn(C2CCNCC2)nn1.Cl. The van der Waals surface area contributed by atoms with Crippen molar-refractivity contribution in [3.8, 4) is 0 Å². The minimum Gasteiger partial charge on any atom is -0.333 e. The van der Waals surface area contributed by atoms with Crippen LogP contribution in [0.5, 0.6) is 0 Å². The van der Waals surface area contributed by atoms with Crippen LogP contribution in [0.4, 0.5) is 0 Å². The molecule has 1 N–H and O–H groups in total. The van der Waals surface area contributed by atoms with Crippen LogP contribution in [0.1, 0.15) is 41.9 Å². The topological polar surface area (TPSA) is 63.1 Å². The molecule has 0 unspecified atom stereocenters. The van der Waals surface area contributed by atoms with Crippen molar-refractivity contribution in [2.24, 2.45) is 0 Å². The highest BCUT2D eigenvalue weighted by atomic mass is 35.5. The third-order valence-electron chi connectivity index (χ3n) is 4.30. The molecule has 0 atom stereocenters. The maximum atomic E-state index is 12.7. The van der Waals surface area contributed by atoms with Crippen LogP contribution in [-0.2, 0) is 6.54 Å². The van der Waals surface area contributed by atoms with Gasteiger partial charge < -0.3 is 10.2 Å². The molecule has 1 fully saturated rings. The molecule has 1 aliphatic rings. The maximum absolute atomic E-state index is 12.7. The summed E-state index contributed by atoms with van der Waals surface area (Å²) < 4.78 is 1.85. The first-order chi connectivity index (χ1) is 11.3. The van der Waals surface area contributed by atoms with Gasteiger partial charge in [0.1, 0.15) is 0 Å². The summed E-state index contributed by atoms with van der Waals surface area (Å²) in [7, 11) is 0. The van der Waals surface area contributed by atoms with Gasteiger partial charge in [-0.05, 0) is 38.4 Å². The summed E-state index contributed by atoms with van der Waals surface area (Å²) in [5.41, 5.74) is 1.55. The molecule has 7 heteroatoms. The molecule has 1 saturated heterocycles. The van der Waals surface area contributed by atoms with Crippen molar-refractivity contribution in [3.63, 3.8) is 0 Å². The molecule has 0 aliphatic carbocycles. The minimum absolute atomic E-state index is 0. The Balaban J connectivity index is 0.00000208. The van der Waals surface area contributed by atoms with Gasteiger partial charge in [0, 0.05) is 13.1 Å². The lowest BCUT2D eigenvalue weighted by atomic mass is 10.1. The Morgan fingerprint density at radius 1 is 1.29 bits per heavy atom. The summed E-state index contributed by atoms with van der Waals surface area (Å²) in [6.07, 6.45) is 3.85. The van der Waals surface area contributed by atoms with Crippen LogP contribution in [0.3, 0.4) is 0 Å². The van der Waals surface area contributed by atoms with Crippen LogP contribution in [-0.4, -0.2) is 45.4 Å². The molecule has 2 heterocycles. The predicted octanol–water partition coefficient (Wildman–Crippen LogP) is 2.29. The minimum atomic E-state index is -0.0588. The monoisotopic (exact) mass is 349 g/mol. The molecule has 6 nitrogen and oxygen atoms in total. The van der Waals surface area contributed by atoms with Gasteiger partial charge >= 0.3 is 0 Å². The molecule has 1 aromatic carbocycles. The number of rotatable bonds is 5. The van der Waals surface area contributed by atoms with E-state index in [-0.39, 0.29) is 18.3 Å². The average Bonchev–Trinajstić information content (AvgIpc) is 3.11. The van der Waals surface area contributed by atoms with Gasteiger partial charge in [-0.3, -0.25) is 4.79 Å². The second-order valence-corrected chi connectivity index (χ2v) is 5.87. The summed E-state index contributed by atoms with van der Waals surface area (Å²) in [5.74, 6) is -0.0588. The van der Waals surface area contributed by atoms with Crippen molar-refractivity contribution in [1.82, 2.24) is 25.2 Å². The Labute approximate surface area is 148 Å². The summed E-state index contributed by atoms with van der Waals surface area (Å²) in [4.78, 5) is 14.5. The second kappa shape index (κ2) is 8.80. The number of nitrogens with one attached hydrogen (secondary N) is 1. The number of halogens is 1. The van der Waals surface area contributed by atoms with Crippen molar-refractivity contribution < 1.29 is 4.79 Å². The first-order valence-electron chi connectivity index (χ1n) is 8.23. The Morgan fingerprint density at radius 3 is 2.67 bits per heavy atom. The zero-order valence-corrected chi connectivity index (χ0v) is 14.7. The van der Waals surface area contributed by atoms with E-state index in [4.69, 9.17) is 0 Å². The predicted molar refractivity (Wildman–Crippen MR) is 95.3 cm³/mol. The van der Waals surface area contributed by atoms with Crippen molar-refractivity contribution >= 4 is 18.3 Å². The van der Waals surface area contributed by atoms with Crippen LogP contribution >= 0.6 is 12.4 Å². The van der Waals surface area contributed by atoms with Crippen molar-refractivity contribution in [2.75, 3.05) is 19.6 Å². The molecule has 2 aromatic rings. The van der Waals surface area contributed by atoms with E-state index in [9.17, 15) is 4.79 Å². The van der Waals surface area contributed by atoms with Crippen LogP contribution in [0.2, 0.25) is 0 Å². The molecule has 0 bridgehead atoms. The van der Waals surface area contributed by atoms with Crippen LogP contribution < -0.4 is 5.32 Å². The standard InChI is InChI=1S/C17H23N5O.ClH/c1-2-21(12-14-6-4-3-5-7-14)17(23)16-13-22(20-19-16)15-8-10-18-11-9-15;/h3-7,13,15,18H,2,8-12H2,1H3;1H. The van der Waals surface area contributed by atoms with Gasteiger partial charge in [0.05, 0.1) is 12.2 Å². The Kier molecular flexibility index (Phi) is 6.75. The first-order valence-corrected chi connectivity index (χ1v) is 8.23. The van der Waals surface area contributed by atoms with E-state index in [1.54, 1.807) is 11.1 Å². The molecular weight excluding hydrogens is 326 g/mol. The van der Waals surface area contributed by atoms with Crippen molar-refractivity contribution in [3.05, 3.63) is 47.8 Å². The molecule has 0 saturated carbocycles. The van der Waals surface area contributed by atoms with Crippen LogP contribution in [0.25, 0.3) is 0 Å². The fourth-order valence-corrected chi connectivity index (χ4v) is 2.92. The largest absolute Gasteiger partial charge is 0.333 e. The lowest BCUT2D eigenvalue weighted by Gasteiger charge is -2.22. The molecule has 1 aliphatic heterocycles. The number of hydrogen-bond donors (Lipinski definition) is 1. The van der Waals surface area contributed by atoms with Crippen LogP contribution in [0.15, 0.2) is 36.5 Å². The summed E-state index contributed by atoms with van der Waals surface area (Å²) in [5, 5.41) is 11.6. The van der Waals surface area contributed by atoms with Crippen molar-refractivity contribution in [1.29, 1.82) is 0 Å². The lowest BCUT2D eigenvalue weighted by Crippen LogP contribution is -2.31. The van der Waals surface area contributed by atoms with Gasteiger partial charge in [0.25, 0.3) is 5.91 Å². The lowest BCUT2D eigenvalue weighted by molar-refractivity contribution is 0.0746. The number of benzene rings is 1. The molecule has 24 heavy (non-hydrogen) atoms. The average molecular weight is 350 g/mol. The van der Waals surface area contributed by atoms with E-state index in [1.165, 1.54) is 0 Å². The quantitative estimate of drug-likeness (QED) is 0.899. The zero-order valence-electron chi connectivity index (χ0n) is 13.9. The van der Waals surface area contributed by atoms with Crippen molar-refractivity contribution in [2.45, 2.75) is 32.4 Å². The highest BCUT2D eigenvalue weighted by Gasteiger charge is 2.21. The third kappa shape index (κ3) is 4.33. The summed E-state index contributed by atoms with van der Waals surface area (Å²) in [6.45, 7) is 5.20. The number of carbonyl (C=O) groups is 1. The molecule has 0 spiro atoms. The summed E-state index contributed by atoms with van der Waals surface area (Å²) in [6, 6.07) is 10.4. The van der Waals surface area contributed by atoms with Gasteiger partial charge in [-0.15, -0.1) is 17.5 Å². The Hall–Kier alpha value is -1.92. The normalized spacial score (nSPS) is 14.9. The molecule has 0 radical (unpaired) electrons. The van der Waals surface area contributed by atoms with Gasteiger partial charge in [-0.25, -0.2) is 4.68 Å². The van der Waals surface area contributed by atoms with Gasteiger partial charge in [0.2, 0.25) is 0 Å². The zero-order chi connectivity index (χ0) is 16.1. The van der Waals surface area contributed by atoms with Crippen LogP contribution in [0, 0.1) is 0 Å². The Morgan fingerprint density at radius 2 is 2.00 bits per heavy atom. The maximum Gasteiger partial charge on any atom is 0.276 e. The molecule has 130 valence electrons. The third-order valence-corrected chi connectivity index (χ3v) is 4.30. The highest BCUT2D eigenvalue weighted by molar-refractivity contribution is 5.91. The van der Waals surface area contributed by atoms with E-state index in [2.05, 4.69) is 15.6 Å². The van der Waals surface area contributed by atoms with E-state index in [0.717, 1.165) is 31.5 Å². The van der Waals surface area contributed by atoms with Gasteiger partial charge in [-0.2, -0.15) is 0 Å². The van der Waals surface area contributed by atoms with Gasteiger partial charge in [0.15, 0.2) is 5.69 Å². The van der Waals surface area contributed by atoms with E-state index < -0.39 is 0 Å². The number of aromatic nitrogens is 3. The Bertz CT molecular complexity index is 639. The van der Waals surface area contributed by atoms with E-state index in [1.807, 2.05) is 41.9 Å². The fourth-order valence-electron chi connectivity index (χ4n) is 2.92. The van der Waals surface area contributed by atoms with Gasteiger partial charge in [-0.1, -0.05) is 35.5 Å². The fraction of sp³-hybridized carbons (Fsp3) is 0.471.